The first-order chi connectivity index (χ1) is 25.0. The summed E-state index contributed by atoms with van der Waals surface area (Å²) in [6, 6.07) is 4.44. The summed E-state index contributed by atoms with van der Waals surface area (Å²) in [6.07, 6.45) is 39.5. The molecule has 0 heterocycles. The van der Waals surface area contributed by atoms with Gasteiger partial charge in [0.1, 0.15) is 0 Å². The highest BCUT2D eigenvalue weighted by Gasteiger charge is 2.22. The van der Waals surface area contributed by atoms with Crippen LogP contribution in [0.4, 0.5) is 0 Å². The Morgan fingerprint density at radius 3 is 1.14 bits per heavy atom. The Balaban J connectivity index is 2.62. The Morgan fingerprint density at radius 1 is 0.412 bits per heavy atom. The fourth-order valence-electron chi connectivity index (χ4n) is 5.58. The molecule has 0 bridgehead atoms. The molecule has 0 atom stereocenters. The van der Waals surface area contributed by atoms with Crippen molar-refractivity contribution in [3.05, 3.63) is 71.3 Å². The zero-order valence-electron chi connectivity index (χ0n) is 32.7. The number of benzene rings is 1. The summed E-state index contributed by atoms with van der Waals surface area (Å²) in [5, 5.41) is 0. The second-order valence-electron chi connectivity index (χ2n) is 13.6. The molecule has 0 amide bonds. The smallest absolute Gasteiger partial charge is 0.339 e. The topological polar surface area (TPSA) is 78.9 Å². The first kappa shape index (κ1) is 45.9. The van der Waals surface area contributed by atoms with Gasteiger partial charge < -0.3 is 14.2 Å². The fraction of sp³-hybridized carbons (Fsp3) is 0.667. The number of hydrogen-bond donors (Lipinski definition) is 0. The Kier molecular flexibility index (Phi) is 30.5. The van der Waals surface area contributed by atoms with Gasteiger partial charge >= 0.3 is 17.9 Å². The zero-order chi connectivity index (χ0) is 37.0. The molecule has 0 fully saturated rings. The number of rotatable bonds is 33. The van der Waals surface area contributed by atoms with Gasteiger partial charge in [0, 0.05) is 0 Å². The standard InChI is InChI=1S/C45H72O6/c1-4-7-10-13-16-19-22-25-28-31-36-49-43(46)40-34-35-41(44(47)50-37-32-29-26-23-20-17-14-11-8-5-2)42(39-40)45(48)51-38-33-30-27-24-21-18-15-12-9-6-3/h13-18,34-35,39H,4-12,19-33,36-38H2,1-3H3/b16-13+,17-14+,18-15+. The van der Waals surface area contributed by atoms with E-state index in [2.05, 4.69) is 57.2 Å². The second kappa shape index (κ2) is 34.0. The molecule has 51 heavy (non-hydrogen) atoms. The van der Waals surface area contributed by atoms with E-state index in [-0.39, 0.29) is 29.9 Å². The van der Waals surface area contributed by atoms with Crippen LogP contribution in [0.2, 0.25) is 0 Å². The largest absolute Gasteiger partial charge is 0.462 e. The quantitative estimate of drug-likeness (QED) is 0.0313. The Hall–Kier alpha value is -3.15. The third-order valence-electron chi connectivity index (χ3n) is 8.86. The van der Waals surface area contributed by atoms with Crippen LogP contribution < -0.4 is 0 Å². The predicted octanol–water partition coefficient (Wildman–Crippen LogP) is 13.2. The first-order valence-electron chi connectivity index (χ1n) is 20.6. The van der Waals surface area contributed by atoms with Crippen molar-refractivity contribution in [2.45, 2.75) is 175 Å². The molecule has 0 aliphatic heterocycles. The van der Waals surface area contributed by atoms with Crippen molar-refractivity contribution < 1.29 is 28.6 Å². The molecule has 0 aromatic heterocycles. The lowest BCUT2D eigenvalue weighted by Crippen LogP contribution is -2.17. The molecule has 1 aromatic carbocycles. The third kappa shape index (κ3) is 25.5. The van der Waals surface area contributed by atoms with Crippen molar-refractivity contribution in [3.63, 3.8) is 0 Å². The lowest BCUT2D eigenvalue weighted by atomic mass is 10.0. The number of hydrogen-bond acceptors (Lipinski definition) is 6. The van der Waals surface area contributed by atoms with E-state index in [0.717, 1.165) is 116 Å². The van der Waals surface area contributed by atoms with Gasteiger partial charge in [-0.05, 0) is 95.2 Å². The molecular formula is C45H72O6. The number of unbranched alkanes of at least 4 members (excludes halogenated alkanes) is 18. The molecule has 0 unspecified atom stereocenters. The van der Waals surface area contributed by atoms with Gasteiger partial charge in [-0.15, -0.1) is 0 Å². The van der Waals surface area contributed by atoms with E-state index in [0.29, 0.717) is 6.61 Å². The summed E-state index contributed by atoms with van der Waals surface area (Å²) in [5.41, 5.74) is 0.396. The fourth-order valence-corrected chi connectivity index (χ4v) is 5.58. The van der Waals surface area contributed by atoms with Crippen LogP contribution in [0.25, 0.3) is 0 Å². The maximum atomic E-state index is 13.2. The lowest BCUT2D eigenvalue weighted by Gasteiger charge is -2.12. The van der Waals surface area contributed by atoms with Gasteiger partial charge in [-0.25, -0.2) is 14.4 Å². The van der Waals surface area contributed by atoms with Crippen molar-refractivity contribution >= 4 is 17.9 Å². The van der Waals surface area contributed by atoms with E-state index in [1.165, 1.54) is 56.7 Å². The van der Waals surface area contributed by atoms with Crippen LogP contribution in [0, 0.1) is 0 Å². The molecule has 0 radical (unpaired) electrons. The van der Waals surface area contributed by atoms with Gasteiger partial charge in [0.15, 0.2) is 0 Å². The molecule has 1 rings (SSSR count). The van der Waals surface area contributed by atoms with Crippen LogP contribution in [0.5, 0.6) is 0 Å². The van der Waals surface area contributed by atoms with E-state index in [1.54, 1.807) is 0 Å². The summed E-state index contributed by atoms with van der Waals surface area (Å²) in [6.45, 7) is 7.48. The first-order valence-corrected chi connectivity index (χ1v) is 20.6. The molecule has 0 saturated heterocycles. The van der Waals surface area contributed by atoms with Crippen LogP contribution in [0.1, 0.15) is 206 Å². The summed E-state index contributed by atoms with van der Waals surface area (Å²) in [5.74, 6) is -1.70. The summed E-state index contributed by atoms with van der Waals surface area (Å²) >= 11 is 0. The van der Waals surface area contributed by atoms with Crippen LogP contribution in [-0.4, -0.2) is 37.7 Å². The van der Waals surface area contributed by atoms with Gasteiger partial charge in [-0.2, -0.15) is 0 Å². The van der Waals surface area contributed by atoms with Crippen LogP contribution in [-0.2, 0) is 14.2 Å². The number of carbonyl (C=O) groups is 3. The van der Waals surface area contributed by atoms with Crippen LogP contribution >= 0.6 is 0 Å². The lowest BCUT2D eigenvalue weighted by molar-refractivity contribution is 0.0448. The highest BCUT2D eigenvalue weighted by Crippen LogP contribution is 2.18. The Bertz CT molecular complexity index is 1120. The zero-order valence-corrected chi connectivity index (χ0v) is 32.7. The SMILES string of the molecule is CCCC/C=C/CCCCCCOC(=O)c1ccc(C(=O)OCCCCCC/C=C/CCCC)c(C(=O)OCCCCCC/C=C/CCCC)c1. The normalized spacial score (nSPS) is 11.6. The molecule has 0 saturated carbocycles. The highest BCUT2D eigenvalue weighted by atomic mass is 16.5. The van der Waals surface area contributed by atoms with Gasteiger partial charge in [-0.1, -0.05) is 134 Å². The maximum Gasteiger partial charge on any atom is 0.339 e. The summed E-state index contributed by atoms with van der Waals surface area (Å²) in [7, 11) is 0. The van der Waals surface area contributed by atoms with E-state index in [9.17, 15) is 14.4 Å². The summed E-state index contributed by atoms with van der Waals surface area (Å²) < 4.78 is 16.7. The van der Waals surface area contributed by atoms with Crippen molar-refractivity contribution in [2.24, 2.45) is 0 Å². The monoisotopic (exact) mass is 709 g/mol. The van der Waals surface area contributed by atoms with Crippen molar-refractivity contribution in [3.8, 4) is 0 Å². The number of ether oxygens (including phenoxy) is 3. The number of carbonyl (C=O) groups excluding carboxylic acids is 3. The average Bonchev–Trinajstić information content (AvgIpc) is 3.14. The van der Waals surface area contributed by atoms with Gasteiger partial charge in [0.25, 0.3) is 0 Å². The van der Waals surface area contributed by atoms with Gasteiger partial charge in [0.05, 0.1) is 36.5 Å². The van der Waals surface area contributed by atoms with Gasteiger partial charge in [0.2, 0.25) is 0 Å². The maximum absolute atomic E-state index is 13.2. The molecule has 6 heteroatoms. The number of allylic oxidation sites excluding steroid dienone is 6. The van der Waals surface area contributed by atoms with E-state index in [4.69, 9.17) is 14.2 Å². The van der Waals surface area contributed by atoms with Crippen molar-refractivity contribution in [1.82, 2.24) is 0 Å². The summed E-state index contributed by atoms with van der Waals surface area (Å²) in [4.78, 5) is 39.2. The highest BCUT2D eigenvalue weighted by molar-refractivity contribution is 6.05. The molecule has 0 aliphatic carbocycles. The van der Waals surface area contributed by atoms with Crippen LogP contribution in [0.15, 0.2) is 54.7 Å². The molecule has 1 aromatic rings. The minimum Gasteiger partial charge on any atom is -0.462 e. The predicted molar refractivity (Wildman–Crippen MR) is 213 cm³/mol. The third-order valence-corrected chi connectivity index (χ3v) is 8.86. The molecule has 0 N–H and O–H groups in total. The van der Waals surface area contributed by atoms with Crippen LogP contribution in [0.3, 0.4) is 0 Å². The van der Waals surface area contributed by atoms with E-state index in [1.807, 2.05) is 0 Å². The Labute approximate surface area is 311 Å². The number of esters is 3. The van der Waals surface area contributed by atoms with E-state index < -0.39 is 17.9 Å². The average molecular weight is 709 g/mol. The van der Waals surface area contributed by atoms with E-state index >= 15 is 0 Å². The molecule has 0 aliphatic rings. The molecule has 0 spiro atoms. The van der Waals surface area contributed by atoms with Crippen molar-refractivity contribution in [1.29, 1.82) is 0 Å². The second-order valence-corrected chi connectivity index (χ2v) is 13.6. The molecular weight excluding hydrogens is 636 g/mol. The van der Waals surface area contributed by atoms with Crippen molar-refractivity contribution in [2.75, 3.05) is 19.8 Å². The minimum absolute atomic E-state index is 0.0496. The Morgan fingerprint density at radius 2 is 0.745 bits per heavy atom. The van der Waals surface area contributed by atoms with Gasteiger partial charge in [-0.3, -0.25) is 0 Å². The molecule has 288 valence electrons. The minimum atomic E-state index is -0.619. The molecule has 6 nitrogen and oxygen atoms in total.